The molecule has 1 amide bonds. The molecule has 1 heterocycles. The molecule has 0 bridgehead atoms. The van der Waals surface area contributed by atoms with Gasteiger partial charge in [0.2, 0.25) is 0 Å². The van der Waals surface area contributed by atoms with Crippen molar-refractivity contribution in [3.8, 4) is 0 Å². The molecule has 12 heavy (non-hydrogen) atoms. The maximum atomic E-state index is 11.1. The van der Waals surface area contributed by atoms with Gasteiger partial charge in [0.15, 0.2) is 0 Å². The van der Waals surface area contributed by atoms with Crippen molar-refractivity contribution >= 4 is 6.09 Å². The molecule has 1 aliphatic rings. The normalized spacial score (nSPS) is 18.8. The molecule has 1 aliphatic heterocycles. The van der Waals surface area contributed by atoms with Crippen LogP contribution in [-0.2, 0) is 9.47 Å². The third kappa shape index (κ3) is 2.11. The van der Waals surface area contributed by atoms with Crippen molar-refractivity contribution in [2.75, 3.05) is 27.4 Å². The lowest BCUT2D eigenvalue weighted by atomic mass is 10.1. The summed E-state index contributed by atoms with van der Waals surface area (Å²) >= 11 is 0. The van der Waals surface area contributed by atoms with Crippen LogP contribution >= 0.6 is 0 Å². The highest BCUT2D eigenvalue weighted by Crippen LogP contribution is 2.13. The first-order chi connectivity index (χ1) is 5.75. The first-order valence-corrected chi connectivity index (χ1v) is 4.14. The Morgan fingerprint density at radius 1 is 1.50 bits per heavy atom. The van der Waals surface area contributed by atoms with E-state index in [0.717, 1.165) is 26.1 Å². The molecule has 0 radical (unpaired) electrons. The zero-order chi connectivity index (χ0) is 8.97. The van der Waals surface area contributed by atoms with Gasteiger partial charge in [-0.05, 0) is 12.8 Å². The van der Waals surface area contributed by atoms with Gasteiger partial charge in [0.25, 0.3) is 0 Å². The maximum Gasteiger partial charge on any atom is 0.409 e. The van der Waals surface area contributed by atoms with Crippen LogP contribution in [0.1, 0.15) is 12.8 Å². The largest absolute Gasteiger partial charge is 0.453 e. The van der Waals surface area contributed by atoms with E-state index >= 15 is 0 Å². The Labute approximate surface area is 72.4 Å². The van der Waals surface area contributed by atoms with Gasteiger partial charge < -0.3 is 14.4 Å². The van der Waals surface area contributed by atoms with Crippen LogP contribution in [0.5, 0.6) is 0 Å². The van der Waals surface area contributed by atoms with Gasteiger partial charge in [-0.1, -0.05) is 0 Å². The first-order valence-electron chi connectivity index (χ1n) is 4.14. The van der Waals surface area contributed by atoms with Crippen LogP contribution in [0.3, 0.4) is 0 Å². The number of hydrogen-bond acceptors (Lipinski definition) is 3. The van der Waals surface area contributed by atoms with Gasteiger partial charge in [0.1, 0.15) is 0 Å². The Morgan fingerprint density at radius 3 is 2.58 bits per heavy atom. The molecule has 0 atom stereocenters. The first kappa shape index (κ1) is 9.32. The Kier molecular flexibility index (Phi) is 3.34. The standard InChI is InChI=1S/C8H15NO3/c1-9(8(10)11-2)7-3-5-12-6-4-7/h7H,3-6H2,1-2H3. The summed E-state index contributed by atoms with van der Waals surface area (Å²) in [6, 6.07) is 0.284. The molecule has 70 valence electrons. The monoisotopic (exact) mass is 173 g/mol. The van der Waals surface area contributed by atoms with E-state index in [-0.39, 0.29) is 12.1 Å². The van der Waals surface area contributed by atoms with Crippen molar-refractivity contribution in [1.82, 2.24) is 4.90 Å². The molecule has 0 N–H and O–H groups in total. The summed E-state index contributed by atoms with van der Waals surface area (Å²) < 4.78 is 9.80. The molecule has 4 heteroatoms. The van der Waals surface area contributed by atoms with Gasteiger partial charge in [0.05, 0.1) is 7.11 Å². The molecule has 1 fully saturated rings. The molecule has 1 rings (SSSR count). The minimum Gasteiger partial charge on any atom is -0.453 e. The SMILES string of the molecule is COC(=O)N(C)C1CCOCC1. The van der Waals surface area contributed by atoms with Gasteiger partial charge in [-0.15, -0.1) is 0 Å². The van der Waals surface area contributed by atoms with Gasteiger partial charge in [-0.2, -0.15) is 0 Å². The fraction of sp³-hybridized carbons (Fsp3) is 0.875. The minimum atomic E-state index is -0.262. The van der Waals surface area contributed by atoms with Crippen molar-refractivity contribution in [2.45, 2.75) is 18.9 Å². The lowest BCUT2D eigenvalue weighted by Gasteiger charge is -2.29. The van der Waals surface area contributed by atoms with Gasteiger partial charge >= 0.3 is 6.09 Å². The molecule has 0 aromatic rings. The van der Waals surface area contributed by atoms with Gasteiger partial charge in [-0.3, -0.25) is 0 Å². The van der Waals surface area contributed by atoms with Crippen LogP contribution in [0.25, 0.3) is 0 Å². The van der Waals surface area contributed by atoms with E-state index in [2.05, 4.69) is 4.74 Å². The second kappa shape index (κ2) is 4.30. The average Bonchev–Trinajstić information content (AvgIpc) is 2.17. The summed E-state index contributed by atoms with van der Waals surface area (Å²) in [6.45, 7) is 1.48. The number of hydrogen-bond donors (Lipinski definition) is 0. The number of ether oxygens (including phenoxy) is 2. The van der Waals surface area contributed by atoms with Crippen molar-refractivity contribution in [1.29, 1.82) is 0 Å². The number of amides is 1. The molecule has 0 unspecified atom stereocenters. The van der Waals surface area contributed by atoms with E-state index in [1.807, 2.05) is 0 Å². The Morgan fingerprint density at radius 2 is 2.08 bits per heavy atom. The Hall–Kier alpha value is -0.770. The molecule has 0 aliphatic carbocycles. The topological polar surface area (TPSA) is 38.8 Å². The van der Waals surface area contributed by atoms with E-state index in [9.17, 15) is 4.79 Å². The molecule has 0 spiro atoms. The maximum absolute atomic E-state index is 11.1. The highest BCUT2D eigenvalue weighted by molar-refractivity contribution is 5.67. The van der Waals surface area contributed by atoms with Crippen LogP contribution < -0.4 is 0 Å². The predicted molar refractivity (Wildman–Crippen MR) is 44.0 cm³/mol. The molecular formula is C8H15NO3. The van der Waals surface area contributed by atoms with Crippen LogP contribution in [0.2, 0.25) is 0 Å². The number of rotatable bonds is 1. The summed E-state index contributed by atoms with van der Waals surface area (Å²) in [5.74, 6) is 0. The summed E-state index contributed by atoms with van der Waals surface area (Å²) in [4.78, 5) is 12.7. The zero-order valence-electron chi connectivity index (χ0n) is 7.58. The van der Waals surface area contributed by atoms with Crippen molar-refractivity contribution < 1.29 is 14.3 Å². The Balaban J connectivity index is 2.39. The van der Waals surface area contributed by atoms with Crippen LogP contribution in [0, 0.1) is 0 Å². The molecule has 4 nitrogen and oxygen atoms in total. The number of carbonyl (C=O) groups excluding carboxylic acids is 1. The molecular weight excluding hydrogens is 158 g/mol. The van der Waals surface area contributed by atoms with E-state index in [1.165, 1.54) is 7.11 Å². The van der Waals surface area contributed by atoms with Crippen molar-refractivity contribution in [3.05, 3.63) is 0 Å². The number of carbonyl (C=O) groups is 1. The predicted octanol–water partition coefficient (Wildman–Crippen LogP) is 0.864. The highest BCUT2D eigenvalue weighted by atomic mass is 16.5. The molecule has 0 aromatic heterocycles. The van der Waals surface area contributed by atoms with E-state index in [4.69, 9.17) is 4.74 Å². The van der Waals surface area contributed by atoms with Crippen molar-refractivity contribution in [3.63, 3.8) is 0 Å². The third-order valence-electron chi connectivity index (χ3n) is 2.20. The minimum absolute atomic E-state index is 0.262. The summed E-state index contributed by atoms with van der Waals surface area (Å²) in [7, 11) is 3.17. The lowest BCUT2D eigenvalue weighted by molar-refractivity contribution is 0.0396. The van der Waals surface area contributed by atoms with E-state index in [1.54, 1.807) is 11.9 Å². The zero-order valence-corrected chi connectivity index (χ0v) is 7.58. The quantitative estimate of drug-likeness (QED) is 0.590. The van der Waals surface area contributed by atoms with E-state index in [0.29, 0.717) is 0 Å². The van der Waals surface area contributed by atoms with Gasteiger partial charge in [0, 0.05) is 26.3 Å². The molecule has 0 aromatic carbocycles. The van der Waals surface area contributed by atoms with Crippen LogP contribution in [0.4, 0.5) is 4.79 Å². The lowest BCUT2D eigenvalue weighted by Crippen LogP contribution is -2.40. The second-order valence-electron chi connectivity index (χ2n) is 2.92. The summed E-state index contributed by atoms with van der Waals surface area (Å²) in [6.07, 6.45) is 1.55. The summed E-state index contributed by atoms with van der Waals surface area (Å²) in [5.41, 5.74) is 0. The number of methoxy groups -OCH3 is 1. The van der Waals surface area contributed by atoms with Crippen LogP contribution in [-0.4, -0.2) is 44.4 Å². The molecule has 1 saturated heterocycles. The van der Waals surface area contributed by atoms with E-state index < -0.39 is 0 Å². The van der Waals surface area contributed by atoms with Crippen molar-refractivity contribution in [2.24, 2.45) is 0 Å². The fourth-order valence-corrected chi connectivity index (χ4v) is 1.37. The fourth-order valence-electron chi connectivity index (χ4n) is 1.37. The average molecular weight is 173 g/mol. The van der Waals surface area contributed by atoms with Gasteiger partial charge in [-0.25, -0.2) is 4.79 Å². The van der Waals surface area contributed by atoms with Crippen LogP contribution in [0.15, 0.2) is 0 Å². The smallest absolute Gasteiger partial charge is 0.409 e. The summed E-state index contributed by atoms with van der Waals surface area (Å²) in [5, 5.41) is 0. The highest BCUT2D eigenvalue weighted by Gasteiger charge is 2.22. The Bertz CT molecular complexity index is 154. The number of nitrogens with zero attached hydrogens (tertiary/aromatic N) is 1. The third-order valence-corrected chi connectivity index (χ3v) is 2.20. The second-order valence-corrected chi connectivity index (χ2v) is 2.92. The molecule has 0 saturated carbocycles.